The lowest BCUT2D eigenvalue weighted by atomic mass is 9.43. The number of aliphatic hydroxyl groups excluding tert-OH is 2. The molecule has 1 spiro atoms. The fraction of sp³-hybridized carbons (Fsp3) is 0.800. The zero-order valence-electron chi connectivity index (χ0n) is 15.0. The van der Waals surface area contributed by atoms with Crippen molar-refractivity contribution in [1.82, 2.24) is 0 Å². The van der Waals surface area contributed by atoms with E-state index in [4.69, 9.17) is 9.15 Å². The molecule has 0 radical (unpaired) electrons. The Morgan fingerprint density at radius 2 is 2.04 bits per heavy atom. The quantitative estimate of drug-likeness (QED) is 0.833. The van der Waals surface area contributed by atoms with E-state index in [9.17, 15) is 10.2 Å². The molecule has 4 rings (SSSR count). The van der Waals surface area contributed by atoms with Gasteiger partial charge in [0.15, 0.2) is 0 Å². The molecule has 3 aliphatic rings. The van der Waals surface area contributed by atoms with Gasteiger partial charge in [0, 0.05) is 5.41 Å². The molecule has 0 amide bonds. The number of aryl methyl sites for hydroxylation is 1. The highest BCUT2D eigenvalue weighted by Gasteiger charge is 2.73. The van der Waals surface area contributed by atoms with Crippen LogP contribution in [0.2, 0.25) is 0 Å². The Morgan fingerprint density at radius 3 is 2.67 bits per heavy atom. The van der Waals surface area contributed by atoms with E-state index in [1.165, 1.54) is 5.56 Å². The molecule has 1 aromatic heterocycles. The number of epoxide rings is 1. The molecule has 1 aromatic rings. The molecule has 4 heteroatoms. The molecule has 3 fully saturated rings. The van der Waals surface area contributed by atoms with Gasteiger partial charge in [0.05, 0.1) is 25.2 Å². The van der Waals surface area contributed by atoms with E-state index in [0.29, 0.717) is 24.9 Å². The molecule has 134 valence electrons. The van der Waals surface area contributed by atoms with Crippen LogP contribution >= 0.6 is 0 Å². The van der Waals surface area contributed by atoms with Gasteiger partial charge < -0.3 is 19.4 Å². The summed E-state index contributed by atoms with van der Waals surface area (Å²) in [6.45, 7) is 7.62. The third-order valence-corrected chi connectivity index (χ3v) is 8.06. The number of ether oxygens (including phenoxy) is 1. The largest absolute Gasteiger partial charge is 0.472 e. The summed E-state index contributed by atoms with van der Waals surface area (Å²) in [5.74, 6) is 0.960. The van der Waals surface area contributed by atoms with Crippen LogP contribution < -0.4 is 0 Å². The molecule has 2 aliphatic carbocycles. The van der Waals surface area contributed by atoms with E-state index in [1.54, 1.807) is 6.26 Å². The van der Waals surface area contributed by atoms with Crippen LogP contribution in [-0.4, -0.2) is 34.6 Å². The molecule has 4 nitrogen and oxygen atoms in total. The van der Waals surface area contributed by atoms with Gasteiger partial charge in [-0.25, -0.2) is 0 Å². The molecule has 2 N–H and O–H groups in total. The van der Waals surface area contributed by atoms with Crippen LogP contribution in [0.15, 0.2) is 23.0 Å². The van der Waals surface area contributed by atoms with Gasteiger partial charge in [0.25, 0.3) is 0 Å². The average Bonchev–Trinajstić information content (AvgIpc) is 3.21. The standard InChI is InChI=1S/C20H30O4/c1-13-4-8-19(3)16(10-15(21)17(22)20(19)12-24-20)18(13,2)7-5-14-6-9-23-11-14/h6,9,11,13,15-17,21-22H,4-5,7-8,10,12H2,1-3H3/t13-,15+,16-,17-,18-,19-,20-/m0/s1. The summed E-state index contributed by atoms with van der Waals surface area (Å²) in [7, 11) is 0. The number of rotatable bonds is 3. The molecule has 0 aromatic carbocycles. The first-order valence-corrected chi connectivity index (χ1v) is 9.35. The highest BCUT2D eigenvalue weighted by molar-refractivity contribution is 5.21. The van der Waals surface area contributed by atoms with Gasteiger partial charge in [-0.2, -0.15) is 0 Å². The molecule has 0 bridgehead atoms. The average molecular weight is 334 g/mol. The maximum absolute atomic E-state index is 10.6. The van der Waals surface area contributed by atoms with Gasteiger partial charge in [0.2, 0.25) is 0 Å². The smallest absolute Gasteiger partial charge is 0.125 e. The van der Waals surface area contributed by atoms with E-state index in [2.05, 4.69) is 20.8 Å². The molecule has 24 heavy (non-hydrogen) atoms. The predicted molar refractivity (Wildman–Crippen MR) is 90.4 cm³/mol. The molecule has 7 atom stereocenters. The molecular weight excluding hydrogens is 304 g/mol. The fourth-order valence-corrected chi connectivity index (χ4v) is 5.99. The van der Waals surface area contributed by atoms with E-state index < -0.39 is 17.8 Å². The Labute approximate surface area is 144 Å². The Morgan fingerprint density at radius 1 is 1.29 bits per heavy atom. The highest BCUT2D eigenvalue weighted by atomic mass is 16.6. The molecule has 2 saturated carbocycles. The number of hydrogen-bond donors (Lipinski definition) is 2. The highest BCUT2D eigenvalue weighted by Crippen LogP contribution is 2.68. The normalized spacial score (nSPS) is 50.7. The van der Waals surface area contributed by atoms with Crippen molar-refractivity contribution in [3.05, 3.63) is 24.2 Å². The fourth-order valence-electron chi connectivity index (χ4n) is 5.99. The van der Waals surface area contributed by atoms with Gasteiger partial charge >= 0.3 is 0 Å². The van der Waals surface area contributed by atoms with Crippen LogP contribution in [0.5, 0.6) is 0 Å². The van der Waals surface area contributed by atoms with Crippen molar-refractivity contribution in [3.8, 4) is 0 Å². The minimum Gasteiger partial charge on any atom is -0.472 e. The molecule has 1 saturated heterocycles. The lowest BCUT2D eigenvalue weighted by Crippen LogP contribution is -2.65. The number of furan rings is 1. The van der Waals surface area contributed by atoms with Crippen molar-refractivity contribution < 1.29 is 19.4 Å². The Hall–Kier alpha value is -0.840. The third kappa shape index (κ3) is 2.09. The topological polar surface area (TPSA) is 66.1 Å². The molecule has 2 heterocycles. The van der Waals surface area contributed by atoms with Gasteiger partial charge in [-0.05, 0) is 61.0 Å². The Balaban J connectivity index is 1.65. The molecule has 1 aliphatic heterocycles. The minimum atomic E-state index is -0.745. The van der Waals surface area contributed by atoms with Gasteiger partial charge in [0.1, 0.15) is 11.7 Å². The van der Waals surface area contributed by atoms with Gasteiger partial charge in [-0.15, -0.1) is 0 Å². The summed E-state index contributed by atoms with van der Waals surface area (Å²) in [6, 6.07) is 2.04. The third-order valence-electron chi connectivity index (χ3n) is 8.06. The second-order valence-corrected chi connectivity index (χ2v) is 8.97. The van der Waals surface area contributed by atoms with Crippen LogP contribution in [0.25, 0.3) is 0 Å². The second-order valence-electron chi connectivity index (χ2n) is 8.97. The first-order valence-electron chi connectivity index (χ1n) is 9.35. The zero-order chi connectivity index (χ0) is 17.2. The summed E-state index contributed by atoms with van der Waals surface area (Å²) in [5, 5.41) is 21.1. The monoisotopic (exact) mass is 334 g/mol. The summed E-state index contributed by atoms with van der Waals surface area (Å²) in [6.07, 6.45) is 7.13. The zero-order valence-corrected chi connectivity index (χ0v) is 15.0. The van der Waals surface area contributed by atoms with Gasteiger partial charge in [-0.1, -0.05) is 20.8 Å². The van der Waals surface area contributed by atoms with E-state index in [-0.39, 0.29) is 10.8 Å². The Bertz CT molecular complexity index is 593. The number of aliphatic hydroxyl groups is 2. The predicted octanol–water partition coefficient (Wildman–Crippen LogP) is 3.17. The van der Waals surface area contributed by atoms with Crippen LogP contribution in [-0.2, 0) is 11.2 Å². The maximum Gasteiger partial charge on any atom is 0.125 e. The van der Waals surface area contributed by atoms with Crippen molar-refractivity contribution >= 4 is 0 Å². The first-order chi connectivity index (χ1) is 11.3. The van der Waals surface area contributed by atoms with Gasteiger partial charge in [-0.3, -0.25) is 0 Å². The SMILES string of the molecule is C[C@H]1CC[C@@]2(C)[C@@H](C[C@@H](O)[C@H](O)[C@@]23CO3)[C@@]1(C)CCc1ccoc1. The van der Waals surface area contributed by atoms with Crippen molar-refractivity contribution in [3.63, 3.8) is 0 Å². The lowest BCUT2D eigenvalue weighted by Gasteiger charge is -2.61. The second kappa shape index (κ2) is 5.33. The van der Waals surface area contributed by atoms with Crippen LogP contribution in [0, 0.1) is 22.7 Å². The lowest BCUT2D eigenvalue weighted by molar-refractivity contribution is -0.197. The first kappa shape index (κ1) is 16.6. The van der Waals surface area contributed by atoms with Crippen LogP contribution in [0.1, 0.15) is 52.0 Å². The summed E-state index contributed by atoms with van der Waals surface area (Å²) in [4.78, 5) is 0. The minimum absolute atomic E-state index is 0.0523. The summed E-state index contributed by atoms with van der Waals surface area (Å²) < 4.78 is 11.1. The van der Waals surface area contributed by atoms with Crippen molar-refractivity contribution in [2.75, 3.05) is 6.61 Å². The van der Waals surface area contributed by atoms with E-state index in [0.717, 1.165) is 25.7 Å². The van der Waals surface area contributed by atoms with Crippen molar-refractivity contribution in [2.24, 2.45) is 22.7 Å². The maximum atomic E-state index is 10.6. The molecule has 0 unspecified atom stereocenters. The Kier molecular flexibility index (Phi) is 3.69. The van der Waals surface area contributed by atoms with Crippen molar-refractivity contribution in [2.45, 2.75) is 70.7 Å². The number of fused-ring (bicyclic) bond motifs is 2. The summed E-state index contributed by atoms with van der Waals surface area (Å²) in [5.41, 5.74) is 0.796. The van der Waals surface area contributed by atoms with Crippen LogP contribution in [0.4, 0.5) is 0 Å². The molecular formula is C20H30O4. The van der Waals surface area contributed by atoms with E-state index in [1.807, 2.05) is 12.3 Å². The summed E-state index contributed by atoms with van der Waals surface area (Å²) >= 11 is 0. The van der Waals surface area contributed by atoms with E-state index >= 15 is 0 Å². The number of hydrogen-bond acceptors (Lipinski definition) is 4. The van der Waals surface area contributed by atoms with Crippen molar-refractivity contribution in [1.29, 1.82) is 0 Å². The van der Waals surface area contributed by atoms with Crippen LogP contribution in [0.3, 0.4) is 0 Å².